The maximum Gasteiger partial charge on any atom is 0.319 e. The number of hydrogen-bond acceptors (Lipinski definition) is 2. The van der Waals surface area contributed by atoms with Crippen molar-refractivity contribution in [1.29, 1.82) is 0 Å². The van der Waals surface area contributed by atoms with Gasteiger partial charge < -0.3 is 15.5 Å². The van der Waals surface area contributed by atoms with Crippen molar-refractivity contribution in [3.05, 3.63) is 30.3 Å². The Morgan fingerprint density at radius 3 is 2.74 bits per heavy atom. The molecule has 5 nitrogen and oxygen atoms in total. The quantitative estimate of drug-likeness (QED) is 0.868. The molecule has 1 fully saturated rings. The number of nitrogens with zero attached hydrogens (tertiary/aromatic N) is 1. The van der Waals surface area contributed by atoms with Crippen LogP contribution in [-0.2, 0) is 4.79 Å². The number of anilines is 1. The lowest BCUT2D eigenvalue weighted by atomic mass is 10.1. The number of benzene rings is 1. The van der Waals surface area contributed by atoms with Crippen LogP contribution in [0.4, 0.5) is 10.5 Å². The molecule has 3 amide bonds. The highest BCUT2D eigenvalue weighted by molar-refractivity contribution is 5.89. The molecule has 19 heavy (non-hydrogen) atoms. The number of carbonyl (C=O) groups excluding carboxylic acids is 2. The third-order valence-corrected chi connectivity index (χ3v) is 3.12. The molecule has 0 atom stereocenters. The van der Waals surface area contributed by atoms with Gasteiger partial charge in [0.1, 0.15) is 0 Å². The van der Waals surface area contributed by atoms with Crippen molar-refractivity contribution < 1.29 is 9.59 Å². The van der Waals surface area contributed by atoms with Crippen LogP contribution >= 0.6 is 0 Å². The Balaban J connectivity index is 1.68. The summed E-state index contributed by atoms with van der Waals surface area (Å²) in [5, 5.41) is 5.49. The van der Waals surface area contributed by atoms with E-state index in [1.807, 2.05) is 35.2 Å². The van der Waals surface area contributed by atoms with Crippen LogP contribution in [0.5, 0.6) is 0 Å². The van der Waals surface area contributed by atoms with Gasteiger partial charge in [0.15, 0.2) is 0 Å². The molecule has 5 heteroatoms. The first-order valence-electron chi connectivity index (χ1n) is 6.63. The van der Waals surface area contributed by atoms with Crippen LogP contribution in [0.15, 0.2) is 30.3 Å². The second-order valence-corrected chi connectivity index (χ2v) is 4.58. The van der Waals surface area contributed by atoms with E-state index < -0.39 is 0 Å². The van der Waals surface area contributed by atoms with Gasteiger partial charge in [-0.05, 0) is 25.0 Å². The first-order valence-corrected chi connectivity index (χ1v) is 6.63. The Morgan fingerprint density at radius 1 is 1.21 bits per heavy atom. The topological polar surface area (TPSA) is 61.4 Å². The van der Waals surface area contributed by atoms with Crippen LogP contribution in [0.1, 0.15) is 19.3 Å². The van der Waals surface area contributed by atoms with Gasteiger partial charge in [-0.15, -0.1) is 0 Å². The molecule has 0 bridgehead atoms. The predicted molar refractivity (Wildman–Crippen MR) is 73.9 cm³/mol. The summed E-state index contributed by atoms with van der Waals surface area (Å²) in [4.78, 5) is 25.0. The van der Waals surface area contributed by atoms with Crippen molar-refractivity contribution in [2.24, 2.45) is 0 Å². The van der Waals surface area contributed by atoms with Gasteiger partial charge in [0.2, 0.25) is 5.91 Å². The van der Waals surface area contributed by atoms with Gasteiger partial charge in [-0.1, -0.05) is 18.2 Å². The lowest BCUT2D eigenvalue weighted by Crippen LogP contribution is -2.41. The summed E-state index contributed by atoms with van der Waals surface area (Å²) >= 11 is 0. The van der Waals surface area contributed by atoms with E-state index in [0.717, 1.165) is 25.1 Å². The molecule has 1 aromatic carbocycles. The van der Waals surface area contributed by atoms with E-state index >= 15 is 0 Å². The molecule has 0 saturated carbocycles. The number of amides is 3. The number of carbonyl (C=O) groups is 2. The van der Waals surface area contributed by atoms with Crippen molar-refractivity contribution in [3.8, 4) is 0 Å². The Hall–Kier alpha value is -2.04. The van der Waals surface area contributed by atoms with Gasteiger partial charge in [-0.2, -0.15) is 0 Å². The van der Waals surface area contributed by atoms with Gasteiger partial charge in [-0.25, -0.2) is 4.79 Å². The molecule has 102 valence electrons. The summed E-state index contributed by atoms with van der Waals surface area (Å²) in [6.07, 6.45) is 2.68. The molecular formula is C14H19N3O2. The number of hydrogen-bond donors (Lipinski definition) is 2. The minimum absolute atomic E-state index is 0.191. The van der Waals surface area contributed by atoms with Gasteiger partial charge in [0, 0.05) is 31.7 Å². The number of para-hydroxylation sites is 1. The summed E-state index contributed by atoms with van der Waals surface area (Å²) in [6, 6.07) is 9.03. The average molecular weight is 261 g/mol. The molecule has 1 aliphatic heterocycles. The van der Waals surface area contributed by atoms with E-state index in [1.165, 1.54) is 0 Å². The zero-order valence-corrected chi connectivity index (χ0v) is 10.9. The lowest BCUT2D eigenvalue weighted by Gasteiger charge is -2.26. The van der Waals surface area contributed by atoms with Gasteiger partial charge in [-0.3, -0.25) is 4.79 Å². The minimum atomic E-state index is -0.240. The summed E-state index contributed by atoms with van der Waals surface area (Å²) < 4.78 is 0. The van der Waals surface area contributed by atoms with Crippen LogP contribution in [0.3, 0.4) is 0 Å². The van der Waals surface area contributed by atoms with E-state index in [0.29, 0.717) is 19.5 Å². The van der Waals surface area contributed by atoms with Crippen LogP contribution in [-0.4, -0.2) is 36.5 Å². The molecule has 0 radical (unpaired) electrons. The van der Waals surface area contributed by atoms with Crippen molar-refractivity contribution in [3.63, 3.8) is 0 Å². The van der Waals surface area contributed by atoms with Crippen molar-refractivity contribution in [1.82, 2.24) is 10.2 Å². The second-order valence-electron chi connectivity index (χ2n) is 4.58. The number of nitrogens with one attached hydrogen (secondary N) is 2. The molecule has 1 aliphatic rings. The second kappa shape index (κ2) is 6.78. The maximum atomic E-state index is 11.6. The van der Waals surface area contributed by atoms with E-state index in [9.17, 15) is 9.59 Å². The Morgan fingerprint density at radius 2 is 2.00 bits per heavy atom. The third-order valence-electron chi connectivity index (χ3n) is 3.12. The largest absolute Gasteiger partial charge is 0.341 e. The molecule has 0 aliphatic carbocycles. The van der Waals surface area contributed by atoms with Gasteiger partial charge >= 0.3 is 6.03 Å². The predicted octanol–water partition coefficient (Wildman–Crippen LogP) is 1.82. The van der Waals surface area contributed by atoms with Crippen LogP contribution in [0.25, 0.3) is 0 Å². The molecule has 0 aromatic heterocycles. The summed E-state index contributed by atoms with van der Waals surface area (Å²) in [6.45, 7) is 1.87. The van der Waals surface area contributed by atoms with E-state index in [4.69, 9.17) is 0 Å². The zero-order chi connectivity index (χ0) is 13.5. The fraction of sp³-hybridized carbons (Fsp3) is 0.429. The molecular weight excluding hydrogens is 242 g/mol. The van der Waals surface area contributed by atoms with Crippen LogP contribution in [0.2, 0.25) is 0 Å². The monoisotopic (exact) mass is 261 g/mol. The molecule has 2 rings (SSSR count). The maximum absolute atomic E-state index is 11.6. The van der Waals surface area contributed by atoms with Crippen molar-refractivity contribution in [2.75, 3.05) is 25.0 Å². The van der Waals surface area contributed by atoms with Crippen molar-refractivity contribution in [2.45, 2.75) is 19.3 Å². The summed E-state index contributed by atoms with van der Waals surface area (Å²) in [5.74, 6) is 0.191. The van der Waals surface area contributed by atoms with Crippen LogP contribution < -0.4 is 10.6 Å². The minimum Gasteiger partial charge on any atom is -0.341 e. The standard InChI is InChI=1S/C14H19N3O2/c18-13-8-4-5-10-17(13)11-9-15-14(19)16-12-6-2-1-3-7-12/h1-3,6-7H,4-5,8-11H2,(H2,15,16,19). The lowest BCUT2D eigenvalue weighted by molar-refractivity contribution is -0.133. The van der Waals surface area contributed by atoms with Crippen molar-refractivity contribution >= 4 is 17.6 Å². The molecule has 1 heterocycles. The first-order chi connectivity index (χ1) is 9.25. The number of urea groups is 1. The molecule has 0 unspecified atom stereocenters. The molecule has 2 N–H and O–H groups in total. The first kappa shape index (κ1) is 13.4. The van der Waals surface area contributed by atoms with E-state index in [1.54, 1.807) is 0 Å². The highest BCUT2D eigenvalue weighted by Crippen LogP contribution is 2.09. The fourth-order valence-corrected chi connectivity index (χ4v) is 2.10. The molecule has 0 spiro atoms. The van der Waals surface area contributed by atoms with Gasteiger partial charge in [0.25, 0.3) is 0 Å². The summed E-state index contributed by atoms with van der Waals surface area (Å²) in [5.41, 5.74) is 0.758. The summed E-state index contributed by atoms with van der Waals surface area (Å²) in [7, 11) is 0. The van der Waals surface area contributed by atoms with Gasteiger partial charge in [0.05, 0.1) is 0 Å². The Kier molecular flexibility index (Phi) is 4.78. The number of likely N-dealkylation sites (tertiary alicyclic amines) is 1. The average Bonchev–Trinajstić information content (AvgIpc) is 2.42. The Bertz CT molecular complexity index is 434. The highest BCUT2D eigenvalue weighted by Gasteiger charge is 2.17. The van der Waals surface area contributed by atoms with E-state index in [2.05, 4.69) is 10.6 Å². The van der Waals surface area contributed by atoms with Crippen LogP contribution in [0, 0.1) is 0 Å². The molecule has 1 aromatic rings. The smallest absolute Gasteiger partial charge is 0.319 e. The normalized spacial score (nSPS) is 15.2. The number of rotatable bonds is 4. The Labute approximate surface area is 113 Å². The fourth-order valence-electron chi connectivity index (χ4n) is 2.10. The SMILES string of the molecule is O=C(NCCN1CCCCC1=O)Nc1ccccc1. The highest BCUT2D eigenvalue weighted by atomic mass is 16.2. The zero-order valence-electron chi connectivity index (χ0n) is 10.9. The molecule has 1 saturated heterocycles. The van der Waals surface area contributed by atoms with E-state index in [-0.39, 0.29) is 11.9 Å². The number of piperidine rings is 1. The third kappa shape index (κ3) is 4.28.